The molecule has 2 rings (SSSR count). The average Bonchev–Trinajstić information content (AvgIpc) is 2.71. The van der Waals surface area contributed by atoms with Crippen LogP contribution in [0.5, 0.6) is 0 Å². The van der Waals surface area contributed by atoms with Crippen LogP contribution in [0.2, 0.25) is 0 Å². The lowest BCUT2D eigenvalue weighted by Gasteiger charge is -2.17. The van der Waals surface area contributed by atoms with Gasteiger partial charge in [0.2, 0.25) is 0 Å². The summed E-state index contributed by atoms with van der Waals surface area (Å²) >= 11 is 5.28. The maximum absolute atomic E-state index is 5.71. The molecule has 0 amide bonds. The van der Waals surface area contributed by atoms with E-state index in [1.807, 2.05) is 6.07 Å². The Kier molecular flexibility index (Phi) is 3.99. The molecule has 2 nitrogen and oxygen atoms in total. The summed E-state index contributed by atoms with van der Waals surface area (Å²) in [6.45, 7) is 4.21. The number of benzene rings is 1. The average molecular weight is 311 g/mol. The Morgan fingerprint density at radius 3 is 2.59 bits per heavy atom. The SMILES string of the molecule is Cc1ccc(C(NN)c2cc(Br)ccc2C)s1. The van der Waals surface area contributed by atoms with E-state index in [2.05, 4.69) is 59.5 Å². The summed E-state index contributed by atoms with van der Waals surface area (Å²) in [4.78, 5) is 2.54. The molecule has 0 aliphatic carbocycles. The summed E-state index contributed by atoms with van der Waals surface area (Å²) in [5.74, 6) is 5.71. The van der Waals surface area contributed by atoms with Crippen LogP contribution in [-0.2, 0) is 0 Å². The third kappa shape index (κ3) is 2.77. The van der Waals surface area contributed by atoms with E-state index in [-0.39, 0.29) is 6.04 Å². The predicted octanol–water partition coefficient (Wildman–Crippen LogP) is 3.68. The Balaban J connectivity index is 2.45. The number of nitrogens with two attached hydrogens (primary N) is 1. The van der Waals surface area contributed by atoms with Crippen molar-refractivity contribution >= 4 is 27.3 Å². The topological polar surface area (TPSA) is 38.0 Å². The Morgan fingerprint density at radius 1 is 1.24 bits per heavy atom. The summed E-state index contributed by atoms with van der Waals surface area (Å²) in [6, 6.07) is 10.6. The van der Waals surface area contributed by atoms with Crippen molar-refractivity contribution in [1.82, 2.24) is 5.43 Å². The van der Waals surface area contributed by atoms with Gasteiger partial charge in [-0.15, -0.1) is 11.3 Å². The maximum atomic E-state index is 5.71. The first-order chi connectivity index (χ1) is 8.11. The lowest BCUT2D eigenvalue weighted by atomic mass is 10.0. The quantitative estimate of drug-likeness (QED) is 0.670. The summed E-state index contributed by atoms with van der Waals surface area (Å²) in [7, 11) is 0. The van der Waals surface area contributed by atoms with Gasteiger partial charge in [0, 0.05) is 14.2 Å². The molecule has 17 heavy (non-hydrogen) atoms. The number of rotatable bonds is 3. The van der Waals surface area contributed by atoms with Gasteiger partial charge in [-0.3, -0.25) is 5.84 Å². The highest BCUT2D eigenvalue weighted by atomic mass is 79.9. The number of hydrogen-bond acceptors (Lipinski definition) is 3. The first-order valence-corrected chi connectivity index (χ1v) is 7.01. The van der Waals surface area contributed by atoms with Gasteiger partial charge in [-0.1, -0.05) is 22.0 Å². The zero-order valence-corrected chi connectivity index (χ0v) is 12.2. The number of thiophene rings is 1. The minimum absolute atomic E-state index is 0.0613. The first-order valence-electron chi connectivity index (χ1n) is 5.40. The Hall–Kier alpha value is -0.680. The van der Waals surface area contributed by atoms with Gasteiger partial charge in [0.05, 0.1) is 6.04 Å². The van der Waals surface area contributed by atoms with Gasteiger partial charge in [-0.25, -0.2) is 5.43 Å². The van der Waals surface area contributed by atoms with Gasteiger partial charge < -0.3 is 0 Å². The summed E-state index contributed by atoms with van der Waals surface area (Å²) < 4.78 is 1.08. The highest BCUT2D eigenvalue weighted by Gasteiger charge is 2.16. The molecule has 0 aliphatic heterocycles. The molecular formula is C13H15BrN2S. The second kappa shape index (κ2) is 5.31. The molecule has 0 radical (unpaired) electrons. The fraction of sp³-hybridized carbons (Fsp3) is 0.231. The van der Waals surface area contributed by atoms with Gasteiger partial charge in [0.1, 0.15) is 0 Å². The molecule has 1 heterocycles. The van der Waals surface area contributed by atoms with E-state index in [0.29, 0.717) is 0 Å². The van der Waals surface area contributed by atoms with Gasteiger partial charge in [0.25, 0.3) is 0 Å². The first kappa shape index (κ1) is 12.8. The lowest BCUT2D eigenvalue weighted by molar-refractivity contribution is 0.643. The van der Waals surface area contributed by atoms with E-state index >= 15 is 0 Å². The van der Waals surface area contributed by atoms with E-state index in [1.165, 1.54) is 20.9 Å². The summed E-state index contributed by atoms with van der Waals surface area (Å²) in [5, 5.41) is 0. The van der Waals surface area contributed by atoms with Crippen molar-refractivity contribution in [2.24, 2.45) is 5.84 Å². The molecule has 0 saturated heterocycles. The zero-order chi connectivity index (χ0) is 12.4. The molecule has 90 valence electrons. The Morgan fingerprint density at radius 2 is 2.00 bits per heavy atom. The number of halogens is 1. The molecule has 0 fully saturated rings. The monoisotopic (exact) mass is 310 g/mol. The fourth-order valence-corrected chi connectivity index (χ4v) is 3.19. The van der Waals surface area contributed by atoms with Gasteiger partial charge >= 0.3 is 0 Å². The number of hydrazine groups is 1. The predicted molar refractivity (Wildman–Crippen MR) is 77.1 cm³/mol. The van der Waals surface area contributed by atoms with Gasteiger partial charge in [-0.2, -0.15) is 0 Å². The van der Waals surface area contributed by atoms with Gasteiger partial charge in [-0.05, 0) is 49.2 Å². The van der Waals surface area contributed by atoms with Crippen molar-refractivity contribution in [1.29, 1.82) is 0 Å². The molecule has 1 unspecified atom stereocenters. The van der Waals surface area contributed by atoms with Crippen molar-refractivity contribution in [3.05, 3.63) is 55.7 Å². The lowest BCUT2D eigenvalue weighted by Crippen LogP contribution is -2.28. The van der Waals surface area contributed by atoms with E-state index in [1.54, 1.807) is 11.3 Å². The molecule has 2 aromatic rings. The number of nitrogens with one attached hydrogen (secondary N) is 1. The maximum Gasteiger partial charge on any atom is 0.0805 e. The van der Waals surface area contributed by atoms with E-state index in [4.69, 9.17) is 5.84 Å². The van der Waals surface area contributed by atoms with Crippen LogP contribution in [0.3, 0.4) is 0 Å². The molecule has 0 bridgehead atoms. The molecule has 1 atom stereocenters. The van der Waals surface area contributed by atoms with Crippen LogP contribution < -0.4 is 11.3 Å². The van der Waals surface area contributed by atoms with E-state index in [9.17, 15) is 0 Å². The molecule has 1 aromatic carbocycles. The summed E-state index contributed by atoms with van der Waals surface area (Å²) in [6.07, 6.45) is 0. The normalized spacial score (nSPS) is 12.7. The molecule has 0 saturated carbocycles. The van der Waals surface area contributed by atoms with Crippen LogP contribution in [0.1, 0.15) is 26.9 Å². The molecule has 0 spiro atoms. The van der Waals surface area contributed by atoms with Crippen molar-refractivity contribution in [2.75, 3.05) is 0 Å². The van der Waals surface area contributed by atoms with E-state index in [0.717, 1.165) is 4.47 Å². The fourth-order valence-electron chi connectivity index (χ4n) is 1.86. The van der Waals surface area contributed by atoms with Crippen molar-refractivity contribution in [3.8, 4) is 0 Å². The minimum Gasteiger partial charge on any atom is -0.271 e. The smallest absolute Gasteiger partial charge is 0.0805 e. The van der Waals surface area contributed by atoms with Crippen molar-refractivity contribution in [2.45, 2.75) is 19.9 Å². The molecule has 3 N–H and O–H groups in total. The second-order valence-electron chi connectivity index (χ2n) is 4.05. The highest BCUT2D eigenvalue weighted by molar-refractivity contribution is 9.10. The Labute approximate surface area is 114 Å². The van der Waals surface area contributed by atoms with Crippen LogP contribution >= 0.6 is 27.3 Å². The third-order valence-electron chi connectivity index (χ3n) is 2.76. The van der Waals surface area contributed by atoms with E-state index < -0.39 is 0 Å². The largest absolute Gasteiger partial charge is 0.271 e. The second-order valence-corrected chi connectivity index (χ2v) is 6.28. The number of aryl methyl sites for hydroxylation is 2. The van der Waals surface area contributed by atoms with Gasteiger partial charge in [0.15, 0.2) is 0 Å². The highest BCUT2D eigenvalue weighted by Crippen LogP contribution is 2.31. The van der Waals surface area contributed by atoms with Crippen LogP contribution in [0.4, 0.5) is 0 Å². The zero-order valence-electron chi connectivity index (χ0n) is 9.83. The van der Waals surface area contributed by atoms with Crippen molar-refractivity contribution < 1.29 is 0 Å². The Bertz CT molecular complexity index is 522. The number of hydrogen-bond donors (Lipinski definition) is 2. The standard InChI is InChI=1S/C13H15BrN2S/c1-8-3-5-10(14)7-11(8)13(16-15)12-6-4-9(2)17-12/h3-7,13,16H,15H2,1-2H3. The van der Waals surface area contributed by atoms with Crippen molar-refractivity contribution in [3.63, 3.8) is 0 Å². The molecule has 4 heteroatoms. The van der Waals surface area contributed by atoms with Crippen LogP contribution in [0.25, 0.3) is 0 Å². The van der Waals surface area contributed by atoms with Crippen LogP contribution in [0.15, 0.2) is 34.8 Å². The third-order valence-corrected chi connectivity index (χ3v) is 4.32. The summed E-state index contributed by atoms with van der Waals surface area (Å²) in [5.41, 5.74) is 5.36. The van der Waals surface area contributed by atoms with Crippen LogP contribution in [0, 0.1) is 13.8 Å². The minimum atomic E-state index is 0.0613. The molecular weight excluding hydrogens is 296 g/mol. The van der Waals surface area contributed by atoms with Crippen LogP contribution in [-0.4, -0.2) is 0 Å². The molecule has 1 aromatic heterocycles. The molecule has 0 aliphatic rings.